The Morgan fingerprint density at radius 3 is 3.00 bits per heavy atom. The first kappa shape index (κ1) is 13.1. The average molecular weight is 304 g/mol. The Labute approximate surface area is 126 Å². The van der Waals surface area contributed by atoms with E-state index in [0.29, 0.717) is 6.04 Å². The van der Waals surface area contributed by atoms with Crippen molar-refractivity contribution >= 4 is 17.5 Å². The van der Waals surface area contributed by atoms with E-state index in [2.05, 4.69) is 29.4 Å². The lowest BCUT2D eigenvalue weighted by atomic mass is 10.1. The summed E-state index contributed by atoms with van der Waals surface area (Å²) in [6, 6.07) is 2.16. The summed E-state index contributed by atoms with van der Waals surface area (Å²) in [7, 11) is 0. The Morgan fingerprint density at radius 1 is 1.29 bits per heavy atom. The minimum absolute atomic E-state index is 0.217. The molecule has 2 atom stereocenters. The van der Waals surface area contributed by atoms with Crippen molar-refractivity contribution in [2.75, 3.05) is 31.1 Å². The Bertz CT molecular complexity index is 580. The second kappa shape index (κ2) is 5.63. The minimum Gasteiger partial charge on any atom is -0.373 e. The van der Waals surface area contributed by atoms with E-state index in [9.17, 15) is 0 Å². The number of ether oxygens (including phenoxy) is 1. The number of hydrogen-bond donors (Lipinski definition) is 0. The quantitative estimate of drug-likeness (QED) is 0.814. The van der Waals surface area contributed by atoms with Crippen LogP contribution in [0.4, 0.5) is 5.95 Å². The first-order valence-corrected chi connectivity index (χ1v) is 7.87. The predicted molar refractivity (Wildman–Crippen MR) is 78.1 cm³/mol. The Morgan fingerprint density at radius 2 is 2.19 bits per heavy atom. The van der Waals surface area contributed by atoms with Crippen molar-refractivity contribution in [2.24, 2.45) is 0 Å². The summed E-state index contributed by atoms with van der Waals surface area (Å²) >= 11 is 1.40. The van der Waals surface area contributed by atoms with E-state index in [0.717, 1.165) is 44.4 Å². The normalized spacial score (nSPS) is 26.0. The molecule has 2 saturated heterocycles. The van der Waals surface area contributed by atoms with Crippen molar-refractivity contribution in [3.63, 3.8) is 0 Å². The van der Waals surface area contributed by atoms with Crippen LogP contribution in [0.2, 0.25) is 0 Å². The lowest BCUT2D eigenvalue weighted by molar-refractivity contribution is 0.0300. The van der Waals surface area contributed by atoms with E-state index >= 15 is 0 Å². The van der Waals surface area contributed by atoms with Crippen LogP contribution in [0.1, 0.15) is 5.69 Å². The number of nitrogens with zero attached hydrogens (tertiary/aromatic N) is 6. The zero-order valence-electron chi connectivity index (χ0n) is 11.5. The van der Waals surface area contributed by atoms with Gasteiger partial charge in [0.15, 0.2) is 0 Å². The number of rotatable bonds is 3. The van der Waals surface area contributed by atoms with Crippen molar-refractivity contribution in [3.8, 4) is 0 Å². The van der Waals surface area contributed by atoms with Gasteiger partial charge < -0.3 is 9.64 Å². The van der Waals surface area contributed by atoms with Gasteiger partial charge in [-0.25, -0.2) is 9.97 Å². The predicted octanol–water partition coefficient (Wildman–Crippen LogP) is 0.418. The topological polar surface area (TPSA) is 67.3 Å². The Balaban J connectivity index is 1.50. The van der Waals surface area contributed by atoms with Gasteiger partial charge in [-0.05, 0) is 17.6 Å². The lowest BCUT2D eigenvalue weighted by Crippen LogP contribution is -2.51. The fourth-order valence-corrected chi connectivity index (χ4v) is 3.51. The van der Waals surface area contributed by atoms with E-state index < -0.39 is 0 Å². The molecule has 0 amide bonds. The molecule has 0 N–H and O–H groups in total. The van der Waals surface area contributed by atoms with E-state index in [1.807, 2.05) is 11.4 Å². The van der Waals surface area contributed by atoms with Gasteiger partial charge in [0.2, 0.25) is 5.95 Å². The second-order valence-corrected chi connectivity index (χ2v) is 5.92. The number of likely N-dealkylation sites (tertiary alicyclic amines) is 1. The van der Waals surface area contributed by atoms with E-state index in [1.165, 1.54) is 11.5 Å². The van der Waals surface area contributed by atoms with Crippen LogP contribution < -0.4 is 4.90 Å². The van der Waals surface area contributed by atoms with Crippen LogP contribution in [0.15, 0.2) is 23.8 Å². The van der Waals surface area contributed by atoms with Crippen molar-refractivity contribution in [3.05, 3.63) is 29.5 Å². The molecule has 0 unspecified atom stereocenters. The summed E-state index contributed by atoms with van der Waals surface area (Å²) in [6.45, 7) is 4.27. The summed E-state index contributed by atoms with van der Waals surface area (Å²) in [5.41, 5.74) is 1.03. The third-order valence-corrected chi connectivity index (χ3v) is 4.53. The first-order valence-electron chi connectivity index (χ1n) is 7.04. The fraction of sp³-hybridized carbons (Fsp3) is 0.538. The van der Waals surface area contributed by atoms with Crippen molar-refractivity contribution in [1.82, 2.24) is 24.5 Å². The molecule has 0 aromatic carbocycles. The molecule has 21 heavy (non-hydrogen) atoms. The minimum atomic E-state index is 0.217. The molecule has 2 aliphatic heterocycles. The molecule has 0 bridgehead atoms. The molecule has 2 aromatic rings. The van der Waals surface area contributed by atoms with Gasteiger partial charge in [0.25, 0.3) is 0 Å². The molecule has 7 nitrogen and oxygen atoms in total. The van der Waals surface area contributed by atoms with E-state index in [-0.39, 0.29) is 6.10 Å². The maximum absolute atomic E-state index is 5.93. The molecule has 0 aliphatic carbocycles. The Hall–Kier alpha value is -1.64. The second-order valence-electron chi connectivity index (χ2n) is 5.31. The monoisotopic (exact) mass is 304 g/mol. The number of morpholine rings is 1. The maximum atomic E-state index is 5.93. The zero-order valence-corrected chi connectivity index (χ0v) is 12.3. The van der Waals surface area contributed by atoms with Gasteiger partial charge in [-0.1, -0.05) is 4.49 Å². The first-order chi connectivity index (χ1) is 10.4. The SMILES string of the molecule is c1cnc(N2CCO[C@H]3CN(Cc4csnn4)C[C@H]32)nc1. The molecule has 4 rings (SSSR count). The highest BCUT2D eigenvalue weighted by Crippen LogP contribution is 2.26. The van der Waals surface area contributed by atoms with Gasteiger partial charge in [-0.3, -0.25) is 4.90 Å². The van der Waals surface area contributed by atoms with Crippen LogP contribution in [0.3, 0.4) is 0 Å². The largest absolute Gasteiger partial charge is 0.373 e. The standard InChI is InChI=1S/C13H16N6OS/c1-2-14-13(15-3-1)19-4-5-20-12-8-18(7-11(12)19)6-10-9-21-17-16-10/h1-3,9,11-12H,4-8H2/t11-,12+/m1/s1. The number of fused-ring (bicyclic) bond motifs is 1. The lowest BCUT2D eigenvalue weighted by Gasteiger charge is -2.36. The molecule has 0 spiro atoms. The van der Waals surface area contributed by atoms with E-state index in [1.54, 1.807) is 12.4 Å². The summed E-state index contributed by atoms with van der Waals surface area (Å²) in [4.78, 5) is 13.4. The molecule has 0 saturated carbocycles. The van der Waals surface area contributed by atoms with Crippen LogP contribution in [0.25, 0.3) is 0 Å². The zero-order chi connectivity index (χ0) is 14.1. The molecule has 0 radical (unpaired) electrons. The van der Waals surface area contributed by atoms with Crippen molar-refractivity contribution < 1.29 is 4.74 Å². The fourth-order valence-electron chi connectivity index (χ4n) is 3.06. The molecule has 2 fully saturated rings. The molecule has 110 valence electrons. The van der Waals surface area contributed by atoms with Crippen molar-refractivity contribution in [1.29, 1.82) is 0 Å². The molecule has 8 heteroatoms. The van der Waals surface area contributed by atoms with Gasteiger partial charge in [-0.15, -0.1) is 5.10 Å². The number of anilines is 1. The van der Waals surface area contributed by atoms with Gasteiger partial charge in [-0.2, -0.15) is 0 Å². The summed E-state index contributed by atoms with van der Waals surface area (Å²) < 4.78 is 9.85. The number of hydrogen-bond acceptors (Lipinski definition) is 8. The summed E-state index contributed by atoms with van der Waals surface area (Å²) in [6.07, 6.45) is 3.80. The summed E-state index contributed by atoms with van der Waals surface area (Å²) in [5, 5.41) is 6.12. The molecule has 2 aliphatic rings. The third-order valence-electron chi connectivity index (χ3n) is 3.98. The van der Waals surface area contributed by atoms with Gasteiger partial charge >= 0.3 is 0 Å². The number of aromatic nitrogens is 4. The Kier molecular flexibility index (Phi) is 3.50. The van der Waals surface area contributed by atoms with Gasteiger partial charge in [0.05, 0.1) is 24.4 Å². The highest BCUT2D eigenvalue weighted by atomic mass is 32.1. The van der Waals surface area contributed by atoms with Gasteiger partial charge in [0, 0.05) is 44.0 Å². The van der Waals surface area contributed by atoms with E-state index in [4.69, 9.17) is 4.74 Å². The molecular weight excluding hydrogens is 288 g/mol. The van der Waals surface area contributed by atoms with Crippen LogP contribution in [0.5, 0.6) is 0 Å². The van der Waals surface area contributed by atoms with Crippen LogP contribution >= 0.6 is 11.5 Å². The molecule has 4 heterocycles. The third kappa shape index (κ3) is 2.61. The van der Waals surface area contributed by atoms with Crippen LogP contribution in [-0.2, 0) is 11.3 Å². The van der Waals surface area contributed by atoms with Crippen molar-refractivity contribution in [2.45, 2.75) is 18.7 Å². The molecular formula is C13H16N6OS. The van der Waals surface area contributed by atoms with Crippen LogP contribution in [-0.4, -0.2) is 62.8 Å². The maximum Gasteiger partial charge on any atom is 0.225 e. The molecule has 2 aromatic heterocycles. The average Bonchev–Trinajstić information content (AvgIpc) is 3.17. The smallest absolute Gasteiger partial charge is 0.225 e. The van der Waals surface area contributed by atoms with Crippen LogP contribution in [0, 0.1) is 0 Å². The highest BCUT2D eigenvalue weighted by molar-refractivity contribution is 7.03. The summed E-state index contributed by atoms with van der Waals surface area (Å²) in [5.74, 6) is 0.799. The highest BCUT2D eigenvalue weighted by Gasteiger charge is 2.41. The van der Waals surface area contributed by atoms with Gasteiger partial charge in [0.1, 0.15) is 0 Å².